The van der Waals surface area contributed by atoms with Crippen LogP contribution < -0.4 is 10.6 Å². The van der Waals surface area contributed by atoms with E-state index in [1.54, 1.807) is 0 Å². The van der Waals surface area contributed by atoms with Crippen molar-refractivity contribution in [1.82, 2.24) is 10.3 Å². The zero-order valence-electron chi connectivity index (χ0n) is 9.89. The van der Waals surface area contributed by atoms with Gasteiger partial charge in [0.05, 0.1) is 5.69 Å². The summed E-state index contributed by atoms with van der Waals surface area (Å²) in [4.78, 5) is 4.08. The number of aryl methyl sites for hydroxylation is 1. The zero-order chi connectivity index (χ0) is 12.3. The molecule has 2 N–H and O–H groups in total. The third kappa shape index (κ3) is 3.47. The van der Waals surface area contributed by atoms with Gasteiger partial charge in [-0.15, -0.1) is 0 Å². The number of hydrogen-bond donors (Lipinski definition) is 2. The maximum atomic E-state index is 6.12. The highest BCUT2D eigenvalue weighted by Gasteiger charge is 2.15. The fourth-order valence-electron chi connectivity index (χ4n) is 2.14. The van der Waals surface area contributed by atoms with Crippen molar-refractivity contribution in [3.63, 3.8) is 0 Å². The van der Waals surface area contributed by atoms with Crippen LogP contribution in [0.2, 0.25) is 10.3 Å². The predicted molar refractivity (Wildman–Crippen MR) is 73.1 cm³/mol. The number of nitrogens with zero attached hydrogens (tertiary/aromatic N) is 1. The highest BCUT2D eigenvalue weighted by atomic mass is 35.5. The molecule has 1 atom stereocenters. The number of halogens is 2. The molecule has 94 valence electrons. The second kappa shape index (κ2) is 5.89. The molecule has 0 amide bonds. The van der Waals surface area contributed by atoms with E-state index in [4.69, 9.17) is 23.2 Å². The summed E-state index contributed by atoms with van der Waals surface area (Å²) in [7, 11) is 0. The lowest BCUT2D eigenvalue weighted by Gasteiger charge is -2.19. The topological polar surface area (TPSA) is 37.0 Å². The van der Waals surface area contributed by atoms with Gasteiger partial charge in [0.2, 0.25) is 0 Å². The Kier molecular flexibility index (Phi) is 4.48. The Hall–Kier alpha value is -0.510. The summed E-state index contributed by atoms with van der Waals surface area (Å²) < 4.78 is 0. The molecule has 1 aliphatic heterocycles. The Morgan fingerprint density at radius 3 is 2.94 bits per heavy atom. The lowest BCUT2D eigenvalue weighted by Crippen LogP contribution is -2.22. The third-order valence-corrected chi connectivity index (χ3v) is 3.53. The van der Waals surface area contributed by atoms with Crippen LogP contribution in [0.3, 0.4) is 0 Å². The molecule has 2 rings (SSSR count). The highest BCUT2D eigenvalue weighted by molar-refractivity contribution is 6.34. The Morgan fingerprint density at radius 1 is 1.35 bits per heavy atom. The lowest BCUT2D eigenvalue weighted by molar-refractivity contribution is 0.637. The van der Waals surface area contributed by atoms with Gasteiger partial charge in [0.1, 0.15) is 5.15 Å². The van der Waals surface area contributed by atoms with Crippen LogP contribution in [0.5, 0.6) is 0 Å². The van der Waals surface area contributed by atoms with Crippen LogP contribution in [-0.4, -0.2) is 24.1 Å². The predicted octanol–water partition coefficient (Wildman–Crippen LogP) is 3.25. The minimum Gasteiger partial charge on any atom is -0.380 e. The molecule has 17 heavy (non-hydrogen) atoms. The number of nitrogens with one attached hydrogen (secondary N) is 2. The summed E-state index contributed by atoms with van der Waals surface area (Å²) in [5, 5.41) is 7.79. The molecule has 3 nitrogen and oxygen atoms in total. The fraction of sp³-hybridized carbons (Fsp3) is 0.583. The number of anilines is 1. The maximum Gasteiger partial charge on any atom is 0.154 e. The summed E-state index contributed by atoms with van der Waals surface area (Å²) >= 11 is 12.0. The van der Waals surface area contributed by atoms with Crippen molar-refractivity contribution in [3.05, 3.63) is 21.9 Å². The molecule has 1 aromatic rings. The van der Waals surface area contributed by atoms with Crippen LogP contribution in [0.25, 0.3) is 0 Å². The van der Waals surface area contributed by atoms with Gasteiger partial charge in [0.25, 0.3) is 0 Å². The standard InChI is InChI=1S/C12H17Cl2N3/c1-8-7-10(13)17-12(14)11(8)16-9-3-2-5-15-6-4-9/h7,9,15-16H,2-6H2,1H3. The van der Waals surface area contributed by atoms with E-state index in [0.29, 0.717) is 16.3 Å². The molecule has 0 bridgehead atoms. The molecule has 1 unspecified atom stereocenters. The first-order valence-corrected chi connectivity index (χ1v) is 6.72. The first kappa shape index (κ1) is 12.9. The summed E-state index contributed by atoms with van der Waals surface area (Å²) in [5.74, 6) is 0. The second-order valence-corrected chi connectivity index (χ2v) is 5.20. The van der Waals surface area contributed by atoms with E-state index in [1.165, 1.54) is 6.42 Å². The van der Waals surface area contributed by atoms with Crippen LogP contribution in [-0.2, 0) is 0 Å². The van der Waals surface area contributed by atoms with Crippen LogP contribution in [0.1, 0.15) is 24.8 Å². The fourth-order valence-corrected chi connectivity index (χ4v) is 2.72. The van der Waals surface area contributed by atoms with Gasteiger partial charge in [-0.2, -0.15) is 0 Å². The Bertz CT molecular complexity index is 364. The van der Waals surface area contributed by atoms with E-state index in [2.05, 4.69) is 15.6 Å². The van der Waals surface area contributed by atoms with Gasteiger partial charge in [-0.05, 0) is 50.9 Å². The minimum atomic E-state index is 0.445. The number of rotatable bonds is 2. The average Bonchev–Trinajstić information content (AvgIpc) is 2.51. The Morgan fingerprint density at radius 2 is 2.18 bits per heavy atom. The van der Waals surface area contributed by atoms with Gasteiger partial charge >= 0.3 is 0 Å². The molecule has 0 aromatic carbocycles. The normalized spacial score (nSPS) is 21.0. The van der Waals surface area contributed by atoms with Crippen molar-refractivity contribution in [3.8, 4) is 0 Å². The van der Waals surface area contributed by atoms with Crippen molar-refractivity contribution in [2.24, 2.45) is 0 Å². The van der Waals surface area contributed by atoms with Crippen molar-refractivity contribution >= 4 is 28.9 Å². The molecule has 0 spiro atoms. The van der Waals surface area contributed by atoms with Gasteiger partial charge in [0, 0.05) is 6.04 Å². The number of hydrogen-bond acceptors (Lipinski definition) is 3. The SMILES string of the molecule is Cc1cc(Cl)nc(Cl)c1NC1CCCNCC1. The minimum absolute atomic E-state index is 0.445. The van der Waals surface area contributed by atoms with Crippen molar-refractivity contribution in [1.29, 1.82) is 0 Å². The molecule has 1 saturated heterocycles. The van der Waals surface area contributed by atoms with E-state index < -0.39 is 0 Å². The van der Waals surface area contributed by atoms with Crippen LogP contribution >= 0.6 is 23.2 Å². The number of pyridine rings is 1. The molecule has 0 radical (unpaired) electrons. The van der Waals surface area contributed by atoms with Crippen LogP contribution in [0, 0.1) is 6.92 Å². The van der Waals surface area contributed by atoms with Crippen LogP contribution in [0.4, 0.5) is 5.69 Å². The van der Waals surface area contributed by atoms with Crippen molar-refractivity contribution in [2.45, 2.75) is 32.2 Å². The molecule has 0 saturated carbocycles. The van der Waals surface area contributed by atoms with Gasteiger partial charge in [-0.3, -0.25) is 0 Å². The maximum absolute atomic E-state index is 6.12. The lowest BCUT2D eigenvalue weighted by atomic mass is 10.1. The van der Waals surface area contributed by atoms with Crippen LogP contribution in [0.15, 0.2) is 6.07 Å². The molecular formula is C12H17Cl2N3. The molecular weight excluding hydrogens is 257 g/mol. The van der Waals surface area contributed by atoms with E-state index in [9.17, 15) is 0 Å². The second-order valence-electron chi connectivity index (χ2n) is 4.45. The van der Waals surface area contributed by atoms with Crippen molar-refractivity contribution in [2.75, 3.05) is 18.4 Å². The number of aromatic nitrogens is 1. The third-order valence-electron chi connectivity index (χ3n) is 3.07. The van der Waals surface area contributed by atoms with Gasteiger partial charge < -0.3 is 10.6 Å². The van der Waals surface area contributed by atoms with E-state index in [-0.39, 0.29) is 0 Å². The summed E-state index contributed by atoms with van der Waals surface area (Å²) in [6.07, 6.45) is 3.46. The Labute approximate surface area is 112 Å². The Balaban J connectivity index is 2.11. The molecule has 1 fully saturated rings. The summed E-state index contributed by atoms with van der Waals surface area (Å²) in [5.41, 5.74) is 1.97. The smallest absolute Gasteiger partial charge is 0.154 e. The largest absolute Gasteiger partial charge is 0.380 e. The molecule has 1 aliphatic rings. The summed E-state index contributed by atoms with van der Waals surface area (Å²) in [6, 6.07) is 2.30. The van der Waals surface area contributed by atoms with E-state index >= 15 is 0 Å². The van der Waals surface area contributed by atoms with Gasteiger partial charge in [0.15, 0.2) is 5.15 Å². The summed E-state index contributed by atoms with van der Waals surface area (Å²) in [6.45, 7) is 4.15. The average molecular weight is 274 g/mol. The van der Waals surface area contributed by atoms with E-state index in [1.807, 2.05) is 13.0 Å². The monoisotopic (exact) mass is 273 g/mol. The molecule has 1 aromatic heterocycles. The van der Waals surface area contributed by atoms with Crippen molar-refractivity contribution < 1.29 is 0 Å². The highest BCUT2D eigenvalue weighted by Crippen LogP contribution is 2.28. The quantitative estimate of drug-likeness (QED) is 0.813. The molecule has 2 heterocycles. The van der Waals surface area contributed by atoms with E-state index in [0.717, 1.165) is 37.2 Å². The molecule has 5 heteroatoms. The van der Waals surface area contributed by atoms with Gasteiger partial charge in [-0.25, -0.2) is 4.98 Å². The van der Waals surface area contributed by atoms with Gasteiger partial charge in [-0.1, -0.05) is 23.2 Å². The zero-order valence-corrected chi connectivity index (χ0v) is 11.4. The first-order valence-electron chi connectivity index (χ1n) is 5.96. The molecule has 0 aliphatic carbocycles. The first-order chi connectivity index (χ1) is 8.16.